The van der Waals surface area contributed by atoms with E-state index in [1.54, 1.807) is 0 Å². The van der Waals surface area contributed by atoms with Gasteiger partial charge in [0.2, 0.25) is 0 Å². The van der Waals surface area contributed by atoms with Crippen molar-refractivity contribution in [2.75, 3.05) is 13.2 Å². The van der Waals surface area contributed by atoms with Crippen LogP contribution in [0.4, 0.5) is 0 Å². The molecule has 2 nitrogen and oxygen atoms in total. The number of hydrogen-bond acceptors (Lipinski definition) is 2. The maximum Gasteiger partial charge on any atom is 0.0575 e. The van der Waals surface area contributed by atoms with E-state index in [0.29, 0.717) is 12.1 Å². The van der Waals surface area contributed by atoms with Crippen LogP contribution in [0.1, 0.15) is 56.2 Å². The highest BCUT2D eigenvalue weighted by Crippen LogP contribution is 2.32. The zero-order chi connectivity index (χ0) is 15.2. The second-order valence-electron chi connectivity index (χ2n) is 5.80. The number of aryl methyl sites for hydroxylation is 1. The van der Waals surface area contributed by atoms with Crippen molar-refractivity contribution in [2.45, 2.75) is 58.1 Å². The first-order valence-electron chi connectivity index (χ1n) is 7.92. The number of ether oxygens (including phenoxy) is 1. The van der Waals surface area contributed by atoms with Crippen LogP contribution >= 0.6 is 31.9 Å². The maximum absolute atomic E-state index is 5.87. The van der Waals surface area contributed by atoms with Crippen LogP contribution in [0.5, 0.6) is 0 Å². The first-order valence-corrected chi connectivity index (χ1v) is 9.51. The Morgan fingerprint density at radius 3 is 2.76 bits per heavy atom. The average molecular weight is 419 g/mol. The Morgan fingerprint density at radius 1 is 1.29 bits per heavy atom. The van der Waals surface area contributed by atoms with Gasteiger partial charge in [-0.3, -0.25) is 0 Å². The lowest BCUT2D eigenvalue weighted by atomic mass is 9.96. The molecule has 1 aromatic carbocycles. The zero-order valence-electron chi connectivity index (χ0n) is 12.9. The van der Waals surface area contributed by atoms with E-state index in [0.717, 1.165) is 26.0 Å². The van der Waals surface area contributed by atoms with E-state index in [4.69, 9.17) is 4.74 Å². The third kappa shape index (κ3) is 5.05. The maximum atomic E-state index is 5.87. The van der Waals surface area contributed by atoms with Gasteiger partial charge in [-0.2, -0.15) is 0 Å². The Kier molecular flexibility index (Phi) is 7.20. The predicted octanol–water partition coefficient (Wildman–Crippen LogP) is 5.52. The van der Waals surface area contributed by atoms with Gasteiger partial charge in [-0.05, 0) is 68.8 Å². The molecule has 1 fully saturated rings. The van der Waals surface area contributed by atoms with E-state index in [2.05, 4.69) is 63.2 Å². The largest absolute Gasteiger partial charge is 0.378 e. The van der Waals surface area contributed by atoms with E-state index in [-0.39, 0.29) is 0 Å². The Hall–Kier alpha value is 0.1000. The molecule has 0 amide bonds. The van der Waals surface area contributed by atoms with Crippen LogP contribution in [0.15, 0.2) is 21.1 Å². The van der Waals surface area contributed by atoms with Gasteiger partial charge in [-0.25, -0.2) is 0 Å². The SMILES string of the molecule is CCNC(CCC1CCCCO1)c1cc(Br)c(C)cc1Br. The number of rotatable bonds is 6. The molecular weight excluding hydrogens is 394 g/mol. The van der Waals surface area contributed by atoms with Gasteiger partial charge in [-0.1, -0.05) is 38.8 Å². The van der Waals surface area contributed by atoms with Crippen LogP contribution in [-0.2, 0) is 4.74 Å². The molecule has 118 valence electrons. The Labute approximate surface area is 145 Å². The number of nitrogens with one attached hydrogen (secondary N) is 1. The zero-order valence-corrected chi connectivity index (χ0v) is 16.1. The van der Waals surface area contributed by atoms with E-state index in [1.165, 1.54) is 39.3 Å². The summed E-state index contributed by atoms with van der Waals surface area (Å²) in [6.45, 7) is 6.21. The first kappa shape index (κ1) is 17.5. The monoisotopic (exact) mass is 417 g/mol. The van der Waals surface area contributed by atoms with E-state index in [1.807, 2.05) is 0 Å². The minimum absolute atomic E-state index is 0.381. The summed E-state index contributed by atoms with van der Waals surface area (Å²) in [5.41, 5.74) is 2.60. The molecule has 1 aromatic rings. The predicted molar refractivity (Wildman–Crippen MR) is 95.8 cm³/mol. The number of hydrogen-bond donors (Lipinski definition) is 1. The van der Waals surface area contributed by atoms with Crippen LogP contribution in [-0.4, -0.2) is 19.3 Å². The molecule has 4 heteroatoms. The molecule has 0 bridgehead atoms. The van der Waals surface area contributed by atoms with Gasteiger partial charge in [0.25, 0.3) is 0 Å². The molecule has 1 saturated heterocycles. The quantitative estimate of drug-likeness (QED) is 0.656. The molecule has 1 N–H and O–H groups in total. The highest BCUT2D eigenvalue weighted by Gasteiger charge is 2.19. The fraction of sp³-hybridized carbons (Fsp3) is 0.647. The van der Waals surface area contributed by atoms with Crippen molar-refractivity contribution in [3.63, 3.8) is 0 Å². The van der Waals surface area contributed by atoms with Crippen molar-refractivity contribution in [1.29, 1.82) is 0 Å². The van der Waals surface area contributed by atoms with E-state index < -0.39 is 0 Å². The molecule has 1 heterocycles. The molecule has 0 saturated carbocycles. The molecule has 0 spiro atoms. The lowest BCUT2D eigenvalue weighted by molar-refractivity contribution is 0.00855. The van der Waals surface area contributed by atoms with Crippen LogP contribution in [0.25, 0.3) is 0 Å². The van der Waals surface area contributed by atoms with Crippen molar-refractivity contribution >= 4 is 31.9 Å². The van der Waals surface area contributed by atoms with Crippen molar-refractivity contribution in [3.8, 4) is 0 Å². The third-order valence-corrected chi connectivity index (χ3v) is 5.70. The molecule has 21 heavy (non-hydrogen) atoms. The van der Waals surface area contributed by atoms with Gasteiger partial charge in [0, 0.05) is 21.6 Å². The smallest absolute Gasteiger partial charge is 0.0575 e. The summed E-state index contributed by atoms with van der Waals surface area (Å²) in [4.78, 5) is 0. The highest BCUT2D eigenvalue weighted by molar-refractivity contribution is 9.11. The number of halogens is 2. The van der Waals surface area contributed by atoms with Crippen LogP contribution < -0.4 is 5.32 Å². The van der Waals surface area contributed by atoms with Crippen LogP contribution in [0.2, 0.25) is 0 Å². The summed E-state index contributed by atoms with van der Waals surface area (Å²) in [6, 6.07) is 4.82. The van der Waals surface area contributed by atoms with Gasteiger partial charge in [-0.15, -0.1) is 0 Å². The molecule has 2 rings (SSSR count). The Morgan fingerprint density at radius 2 is 2.10 bits per heavy atom. The molecule has 2 atom stereocenters. The molecule has 0 aromatic heterocycles. The first-order chi connectivity index (χ1) is 10.1. The Balaban J connectivity index is 2.05. The standard InChI is InChI=1S/C17H25Br2NO/c1-3-20-17(8-7-13-6-4-5-9-21-13)14-11-15(18)12(2)10-16(14)19/h10-11,13,17,20H,3-9H2,1-2H3. The molecule has 1 aliphatic heterocycles. The summed E-state index contributed by atoms with van der Waals surface area (Å²) in [7, 11) is 0. The molecule has 0 radical (unpaired) electrons. The van der Waals surface area contributed by atoms with Gasteiger partial charge in [0.1, 0.15) is 0 Å². The summed E-state index contributed by atoms with van der Waals surface area (Å²) >= 11 is 7.38. The van der Waals surface area contributed by atoms with Crippen LogP contribution in [0, 0.1) is 6.92 Å². The minimum Gasteiger partial charge on any atom is -0.378 e. The van der Waals surface area contributed by atoms with Gasteiger partial charge in [0.05, 0.1) is 6.10 Å². The van der Waals surface area contributed by atoms with Crippen LogP contribution in [0.3, 0.4) is 0 Å². The molecular formula is C17H25Br2NO. The molecule has 0 aliphatic carbocycles. The lowest BCUT2D eigenvalue weighted by Crippen LogP contribution is -2.25. The highest BCUT2D eigenvalue weighted by atomic mass is 79.9. The van der Waals surface area contributed by atoms with Gasteiger partial charge in [0.15, 0.2) is 0 Å². The van der Waals surface area contributed by atoms with E-state index in [9.17, 15) is 0 Å². The Bertz CT molecular complexity index is 458. The molecule has 2 unspecified atom stereocenters. The fourth-order valence-corrected chi connectivity index (χ4v) is 4.03. The molecule has 1 aliphatic rings. The third-order valence-electron chi connectivity index (χ3n) is 4.16. The summed E-state index contributed by atoms with van der Waals surface area (Å²) in [5, 5.41) is 3.62. The summed E-state index contributed by atoms with van der Waals surface area (Å²) in [5.74, 6) is 0. The fourth-order valence-electron chi connectivity index (χ4n) is 2.93. The van der Waals surface area contributed by atoms with Crippen molar-refractivity contribution < 1.29 is 4.74 Å². The number of benzene rings is 1. The average Bonchev–Trinajstić information content (AvgIpc) is 2.48. The minimum atomic E-state index is 0.381. The second kappa shape index (κ2) is 8.66. The van der Waals surface area contributed by atoms with Gasteiger partial charge >= 0.3 is 0 Å². The lowest BCUT2D eigenvalue weighted by Gasteiger charge is -2.26. The normalized spacial score (nSPS) is 20.5. The summed E-state index contributed by atoms with van der Waals surface area (Å²) < 4.78 is 8.24. The second-order valence-corrected chi connectivity index (χ2v) is 7.51. The van der Waals surface area contributed by atoms with E-state index >= 15 is 0 Å². The van der Waals surface area contributed by atoms with Crippen molar-refractivity contribution in [2.24, 2.45) is 0 Å². The van der Waals surface area contributed by atoms with Crippen molar-refractivity contribution in [3.05, 3.63) is 32.2 Å². The van der Waals surface area contributed by atoms with Crippen molar-refractivity contribution in [1.82, 2.24) is 5.32 Å². The summed E-state index contributed by atoms with van der Waals surface area (Å²) in [6.07, 6.45) is 6.47. The van der Waals surface area contributed by atoms with Gasteiger partial charge < -0.3 is 10.1 Å². The topological polar surface area (TPSA) is 21.3 Å².